The SMILES string of the molecule is CCCC1(C(=O)OCC)CCCCC1c1ccccc1.CNC. The quantitative estimate of drug-likeness (QED) is 0.810. The molecule has 23 heavy (non-hydrogen) atoms. The topological polar surface area (TPSA) is 38.3 Å². The van der Waals surface area contributed by atoms with Crippen LogP contribution in [-0.4, -0.2) is 26.7 Å². The van der Waals surface area contributed by atoms with Gasteiger partial charge in [-0.05, 0) is 51.8 Å². The van der Waals surface area contributed by atoms with E-state index in [-0.39, 0.29) is 11.4 Å². The van der Waals surface area contributed by atoms with Crippen LogP contribution in [0.2, 0.25) is 0 Å². The van der Waals surface area contributed by atoms with Crippen LogP contribution in [0.5, 0.6) is 0 Å². The molecule has 1 N–H and O–H groups in total. The van der Waals surface area contributed by atoms with Gasteiger partial charge < -0.3 is 10.1 Å². The van der Waals surface area contributed by atoms with Gasteiger partial charge in [-0.25, -0.2) is 0 Å². The predicted molar refractivity (Wildman–Crippen MR) is 96.6 cm³/mol. The zero-order chi connectivity index (χ0) is 17.1. The second kappa shape index (κ2) is 10.4. The summed E-state index contributed by atoms with van der Waals surface area (Å²) in [7, 11) is 3.75. The van der Waals surface area contributed by atoms with Gasteiger partial charge in [0.2, 0.25) is 0 Å². The minimum Gasteiger partial charge on any atom is -0.466 e. The lowest BCUT2D eigenvalue weighted by Crippen LogP contribution is -2.41. The molecule has 2 atom stereocenters. The van der Waals surface area contributed by atoms with Gasteiger partial charge in [-0.1, -0.05) is 56.5 Å². The molecule has 1 aliphatic carbocycles. The van der Waals surface area contributed by atoms with Crippen molar-refractivity contribution in [2.75, 3.05) is 20.7 Å². The Kier molecular flexibility index (Phi) is 8.93. The zero-order valence-corrected chi connectivity index (χ0v) is 15.2. The van der Waals surface area contributed by atoms with Crippen LogP contribution < -0.4 is 5.32 Å². The lowest BCUT2D eigenvalue weighted by atomic mass is 9.61. The molecule has 1 aromatic carbocycles. The Morgan fingerprint density at radius 3 is 2.43 bits per heavy atom. The summed E-state index contributed by atoms with van der Waals surface area (Å²) in [6.45, 7) is 4.54. The molecular formula is C20H33NO2. The number of carbonyl (C=O) groups excluding carboxylic acids is 1. The molecule has 1 fully saturated rings. The summed E-state index contributed by atoms with van der Waals surface area (Å²) >= 11 is 0. The van der Waals surface area contributed by atoms with Gasteiger partial charge in [0.15, 0.2) is 0 Å². The largest absolute Gasteiger partial charge is 0.466 e. The third kappa shape index (κ3) is 5.07. The van der Waals surface area contributed by atoms with Crippen molar-refractivity contribution in [2.45, 2.75) is 58.3 Å². The van der Waals surface area contributed by atoms with E-state index in [1.165, 1.54) is 12.0 Å². The third-order valence-corrected chi connectivity index (χ3v) is 4.61. The van der Waals surface area contributed by atoms with Gasteiger partial charge >= 0.3 is 5.97 Å². The van der Waals surface area contributed by atoms with Gasteiger partial charge in [0.1, 0.15) is 0 Å². The van der Waals surface area contributed by atoms with Gasteiger partial charge in [0.25, 0.3) is 0 Å². The molecule has 2 unspecified atom stereocenters. The summed E-state index contributed by atoms with van der Waals surface area (Å²) in [5, 5.41) is 2.75. The fourth-order valence-corrected chi connectivity index (χ4v) is 3.78. The van der Waals surface area contributed by atoms with Crippen molar-refractivity contribution in [3.63, 3.8) is 0 Å². The van der Waals surface area contributed by atoms with Gasteiger partial charge in [-0.15, -0.1) is 0 Å². The Morgan fingerprint density at radius 2 is 1.87 bits per heavy atom. The summed E-state index contributed by atoms with van der Waals surface area (Å²) in [4.78, 5) is 12.7. The number of rotatable bonds is 5. The normalized spacial score (nSPS) is 23.6. The number of nitrogens with one attached hydrogen (secondary N) is 1. The lowest BCUT2D eigenvalue weighted by Gasteiger charge is -2.42. The first-order valence-electron chi connectivity index (χ1n) is 8.96. The van der Waals surface area contributed by atoms with E-state index >= 15 is 0 Å². The molecule has 0 amide bonds. The maximum Gasteiger partial charge on any atom is 0.312 e. The number of carbonyl (C=O) groups is 1. The second-order valence-corrected chi connectivity index (χ2v) is 6.34. The van der Waals surface area contributed by atoms with Crippen molar-refractivity contribution in [1.82, 2.24) is 5.32 Å². The first-order chi connectivity index (χ1) is 11.2. The standard InChI is InChI=1S/C18H26O2.C2H7N/c1-3-13-18(17(19)20-4-2)14-9-8-12-16(18)15-10-6-5-7-11-15;1-3-2/h5-7,10-11,16H,3-4,8-9,12-14H2,1-2H3;3H,1-2H3. The smallest absolute Gasteiger partial charge is 0.312 e. The summed E-state index contributed by atoms with van der Waals surface area (Å²) in [6.07, 6.45) is 6.39. The predicted octanol–water partition coefficient (Wildman–Crippen LogP) is 4.53. The maximum absolute atomic E-state index is 12.7. The molecule has 0 aromatic heterocycles. The molecule has 130 valence electrons. The van der Waals surface area contributed by atoms with E-state index < -0.39 is 0 Å². The van der Waals surface area contributed by atoms with Crippen LogP contribution in [-0.2, 0) is 9.53 Å². The molecule has 1 aliphatic rings. The van der Waals surface area contributed by atoms with Gasteiger partial charge in [0.05, 0.1) is 12.0 Å². The molecule has 0 saturated heterocycles. The van der Waals surface area contributed by atoms with E-state index in [4.69, 9.17) is 4.74 Å². The Labute approximate surface area is 141 Å². The van der Waals surface area contributed by atoms with Crippen LogP contribution in [0.3, 0.4) is 0 Å². The van der Waals surface area contributed by atoms with Crippen molar-refractivity contribution in [1.29, 1.82) is 0 Å². The summed E-state index contributed by atoms with van der Waals surface area (Å²) in [5.74, 6) is 0.340. The van der Waals surface area contributed by atoms with Crippen LogP contribution in [0.4, 0.5) is 0 Å². The summed E-state index contributed by atoms with van der Waals surface area (Å²) in [6, 6.07) is 10.5. The van der Waals surface area contributed by atoms with Gasteiger partial charge in [-0.3, -0.25) is 4.79 Å². The third-order valence-electron chi connectivity index (χ3n) is 4.61. The van der Waals surface area contributed by atoms with Crippen molar-refractivity contribution in [3.05, 3.63) is 35.9 Å². The minimum atomic E-state index is -0.301. The highest BCUT2D eigenvalue weighted by Crippen LogP contribution is 2.51. The van der Waals surface area contributed by atoms with Gasteiger partial charge in [0, 0.05) is 0 Å². The Morgan fingerprint density at radius 1 is 1.22 bits per heavy atom. The van der Waals surface area contributed by atoms with E-state index in [9.17, 15) is 4.79 Å². The van der Waals surface area contributed by atoms with E-state index in [2.05, 4.69) is 36.5 Å². The molecule has 1 aromatic rings. The highest BCUT2D eigenvalue weighted by molar-refractivity contribution is 5.78. The second-order valence-electron chi connectivity index (χ2n) is 6.34. The molecule has 0 heterocycles. The van der Waals surface area contributed by atoms with E-state index in [0.717, 1.165) is 32.1 Å². The number of ether oxygens (including phenoxy) is 1. The van der Waals surface area contributed by atoms with Crippen molar-refractivity contribution in [3.8, 4) is 0 Å². The van der Waals surface area contributed by atoms with Crippen LogP contribution in [0.15, 0.2) is 30.3 Å². The van der Waals surface area contributed by atoms with Crippen molar-refractivity contribution < 1.29 is 9.53 Å². The number of benzene rings is 1. The number of hydrogen-bond acceptors (Lipinski definition) is 3. The minimum absolute atomic E-state index is 0.0235. The van der Waals surface area contributed by atoms with Crippen molar-refractivity contribution >= 4 is 5.97 Å². The van der Waals surface area contributed by atoms with Gasteiger partial charge in [-0.2, -0.15) is 0 Å². The van der Waals surface area contributed by atoms with Crippen LogP contribution >= 0.6 is 0 Å². The average Bonchev–Trinajstić information content (AvgIpc) is 2.57. The summed E-state index contributed by atoms with van der Waals surface area (Å²) < 4.78 is 5.45. The highest BCUT2D eigenvalue weighted by atomic mass is 16.5. The Balaban J connectivity index is 0.000000816. The van der Waals surface area contributed by atoms with Crippen LogP contribution in [0.1, 0.15) is 63.9 Å². The molecular weight excluding hydrogens is 286 g/mol. The molecule has 1 saturated carbocycles. The molecule has 0 spiro atoms. The first-order valence-corrected chi connectivity index (χ1v) is 8.96. The molecule has 0 bridgehead atoms. The number of hydrogen-bond donors (Lipinski definition) is 1. The number of esters is 1. The van der Waals surface area contributed by atoms with E-state index in [0.29, 0.717) is 12.5 Å². The summed E-state index contributed by atoms with van der Waals surface area (Å²) in [5.41, 5.74) is 0.998. The first kappa shape index (κ1) is 19.7. The van der Waals surface area contributed by atoms with E-state index in [1.807, 2.05) is 27.1 Å². The molecule has 3 nitrogen and oxygen atoms in total. The molecule has 0 aliphatic heterocycles. The zero-order valence-electron chi connectivity index (χ0n) is 15.2. The molecule has 2 rings (SSSR count). The monoisotopic (exact) mass is 319 g/mol. The van der Waals surface area contributed by atoms with Crippen LogP contribution in [0, 0.1) is 5.41 Å². The Hall–Kier alpha value is -1.35. The lowest BCUT2D eigenvalue weighted by molar-refractivity contribution is -0.159. The highest BCUT2D eigenvalue weighted by Gasteiger charge is 2.47. The average molecular weight is 319 g/mol. The van der Waals surface area contributed by atoms with Crippen LogP contribution in [0.25, 0.3) is 0 Å². The molecule has 3 heteroatoms. The van der Waals surface area contributed by atoms with E-state index in [1.54, 1.807) is 0 Å². The molecule has 0 radical (unpaired) electrons. The Bertz CT molecular complexity index is 442. The fraction of sp³-hybridized carbons (Fsp3) is 0.650. The fourth-order valence-electron chi connectivity index (χ4n) is 3.78. The van der Waals surface area contributed by atoms with Crippen molar-refractivity contribution in [2.24, 2.45) is 5.41 Å². The maximum atomic E-state index is 12.7.